The summed E-state index contributed by atoms with van der Waals surface area (Å²) < 4.78 is 1.62. The number of halogens is 2. The van der Waals surface area contributed by atoms with Crippen molar-refractivity contribution in [3.8, 4) is 0 Å². The summed E-state index contributed by atoms with van der Waals surface area (Å²) in [6.45, 7) is 1.90. The summed E-state index contributed by atoms with van der Waals surface area (Å²) in [6.07, 6.45) is 0.867. The fourth-order valence-corrected chi connectivity index (χ4v) is 2.96. The van der Waals surface area contributed by atoms with Gasteiger partial charge in [-0.1, -0.05) is 41.9 Å². The molecule has 0 amide bonds. The summed E-state index contributed by atoms with van der Waals surface area (Å²) in [5.74, 6) is 0.377. The summed E-state index contributed by atoms with van der Waals surface area (Å²) in [4.78, 5) is 0. The van der Waals surface area contributed by atoms with Gasteiger partial charge in [0.1, 0.15) is 5.15 Å². The molecule has 0 fully saturated rings. The van der Waals surface area contributed by atoms with Gasteiger partial charge in [0.25, 0.3) is 0 Å². The first kappa shape index (κ1) is 15.4. The lowest BCUT2D eigenvalue weighted by molar-refractivity contribution is 0.0335. The molecule has 0 aliphatic carbocycles. The number of aryl methyl sites for hydroxylation is 2. The second kappa shape index (κ2) is 6.17. The molecule has 1 aromatic heterocycles. The van der Waals surface area contributed by atoms with Crippen molar-refractivity contribution in [1.82, 2.24) is 9.78 Å². The van der Waals surface area contributed by atoms with E-state index >= 15 is 0 Å². The topological polar surface area (TPSA) is 38.0 Å². The molecule has 1 atom stereocenters. The van der Waals surface area contributed by atoms with Crippen LogP contribution in [-0.2, 0) is 19.1 Å². The number of alkyl halides is 1. The van der Waals surface area contributed by atoms with Gasteiger partial charge in [0.15, 0.2) is 0 Å². The highest BCUT2D eigenvalue weighted by Crippen LogP contribution is 2.33. The Balaban J connectivity index is 2.39. The Hall–Kier alpha value is -1.03. The summed E-state index contributed by atoms with van der Waals surface area (Å²) in [5, 5.41) is 15.9. The minimum absolute atomic E-state index is 0.377. The van der Waals surface area contributed by atoms with E-state index in [0.29, 0.717) is 23.9 Å². The highest BCUT2D eigenvalue weighted by molar-refractivity contribution is 6.30. The first-order valence-corrected chi connectivity index (χ1v) is 7.41. The molecule has 1 aromatic carbocycles. The van der Waals surface area contributed by atoms with Gasteiger partial charge >= 0.3 is 0 Å². The van der Waals surface area contributed by atoms with Gasteiger partial charge in [-0.2, -0.15) is 5.10 Å². The van der Waals surface area contributed by atoms with Gasteiger partial charge < -0.3 is 5.11 Å². The third kappa shape index (κ3) is 3.00. The lowest BCUT2D eigenvalue weighted by Gasteiger charge is -2.28. The average Bonchev–Trinajstić information content (AvgIpc) is 2.67. The summed E-state index contributed by atoms with van der Waals surface area (Å²) in [6, 6.07) is 9.56. The van der Waals surface area contributed by atoms with Crippen molar-refractivity contribution in [3.05, 3.63) is 52.3 Å². The quantitative estimate of drug-likeness (QED) is 0.859. The molecule has 0 spiro atoms. The minimum Gasteiger partial charge on any atom is -0.385 e. The Morgan fingerprint density at radius 2 is 1.95 bits per heavy atom. The van der Waals surface area contributed by atoms with E-state index in [0.717, 1.165) is 16.8 Å². The van der Waals surface area contributed by atoms with Crippen molar-refractivity contribution >= 4 is 23.2 Å². The zero-order valence-corrected chi connectivity index (χ0v) is 13.1. The smallest absolute Gasteiger partial charge is 0.130 e. The average molecular weight is 313 g/mol. The van der Waals surface area contributed by atoms with Crippen LogP contribution in [0.4, 0.5) is 0 Å². The zero-order valence-electron chi connectivity index (χ0n) is 11.6. The summed E-state index contributed by atoms with van der Waals surface area (Å²) in [5.41, 5.74) is 1.52. The Bertz CT molecular complexity index is 583. The number of hydrogen-bond donors (Lipinski definition) is 1. The van der Waals surface area contributed by atoms with Crippen LogP contribution in [0.3, 0.4) is 0 Å². The number of aromatic nitrogens is 2. The van der Waals surface area contributed by atoms with E-state index < -0.39 is 5.60 Å². The molecule has 0 saturated carbocycles. The third-order valence-electron chi connectivity index (χ3n) is 3.56. The van der Waals surface area contributed by atoms with Gasteiger partial charge in [0.05, 0.1) is 11.3 Å². The lowest BCUT2D eigenvalue weighted by Crippen LogP contribution is -2.29. The monoisotopic (exact) mass is 312 g/mol. The van der Waals surface area contributed by atoms with Crippen molar-refractivity contribution < 1.29 is 5.11 Å². The molecule has 0 saturated heterocycles. The van der Waals surface area contributed by atoms with E-state index in [1.165, 1.54) is 0 Å². The molecule has 5 heteroatoms. The van der Waals surface area contributed by atoms with E-state index in [4.69, 9.17) is 23.2 Å². The molecule has 20 heavy (non-hydrogen) atoms. The second-order valence-corrected chi connectivity index (χ2v) is 5.73. The van der Waals surface area contributed by atoms with Crippen LogP contribution < -0.4 is 0 Å². The lowest BCUT2D eigenvalue weighted by atomic mass is 9.85. The third-order valence-corrected chi connectivity index (χ3v) is 4.22. The molecule has 0 bridgehead atoms. The Morgan fingerprint density at radius 1 is 1.30 bits per heavy atom. The Kier molecular flexibility index (Phi) is 4.74. The van der Waals surface area contributed by atoms with Gasteiger partial charge in [-0.15, -0.1) is 11.6 Å². The fourth-order valence-electron chi connectivity index (χ4n) is 2.41. The van der Waals surface area contributed by atoms with Crippen LogP contribution in [0.1, 0.15) is 23.2 Å². The van der Waals surface area contributed by atoms with Crippen LogP contribution in [0.2, 0.25) is 5.15 Å². The highest BCUT2D eigenvalue weighted by Gasteiger charge is 2.31. The van der Waals surface area contributed by atoms with Gasteiger partial charge in [0, 0.05) is 24.9 Å². The maximum Gasteiger partial charge on any atom is 0.130 e. The Labute approximate surface area is 129 Å². The molecule has 2 aromatic rings. The molecular weight excluding hydrogens is 295 g/mol. The van der Waals surface area contributed by atoms with Gasteiger partial charge in [0.2, 0.25) is 0 Å². The SMILES string of the molecule is Cc1nn(C)c(Cl)c1CC(O)(CCCl)c1ccccc1. The van der Waals surface area contributed by atoms with E-state index in [1.54, 1.807) is 11.7 Å². The maximum absolute atomic E-state index is 11.0. The molecular formula is C15H18Cl2N2O. The van der Waals surface area contributed by atoms with Crippen molar-refractivity contribution in [3.63, 3.8) is 0 Å². The molecule has 3 nitrogen and oxygen atoms in total. The maximum atomic E-state index is 11.0. The van der Waals surface area contributed by atoms with Crippen LogP contribution in [0, 0.1) is 6.92 Å². The molecule has 1 heterocycles. The number of benzene rings is 1. The fraction of sp³-hybridized carbons (Fsp3) is 0.400. The summed E-state index contributed by atoms with van der Waals surface area (Å²) in [7, 11) is 1.79. The number of rotatable bonds is 5. The standard InChI is InChI=1S/C15H18Cl2N2O/c1-11-13(14(17)19(2)18-11)10-15(20,8-9-16)12-6-4-3-5-7-12/h3-7,20H,8-10H2,1-2H3. The first-order chi connectivity index (χ1) is 9.48. The second-order valence-electron chi connectivity index (χ2n) is 4.99. The molecule has 1 unspecified atom stereocenters. The number of aliphatic hydroxyl groups is 1. The van der Waals surface area contributed by atoms with Crippen LogP contribution in [0.5, 0.6) is 0 Å². The molecule has 0 aliphatic rings. The molecule has 0 aliphatic heterocycles. The first-order valence-electron chi connectivity index (χ1n) is 6.50. The molecule has 0 radical (unpaired) electrons. The molecule has 2 rings (SSSR count). The van der Waals surface area contributed by atoms with Gasteiger partial charge in [-0.25, -0.2) is 0 Å². The van der Waals surface area contributed by atoms with Crippen molar-refractivity contribution in [1.29, 1.82) is 0 Å². The van der Waals surface area contributed by atoms with Crippen molar-refractivity contribution in [2.24, 2.45) is 7.05 Å². The summed E-state index contributed by atoms with van der Waals surface area (Å²) >= 11 is 12.1. The van der Waals surface area contributed by atoms with E-state index in [-0.39, 0.29) is 0 Å². The van der Waals surface area contributed by atoms with Gasteiger partial charge in [-0.3, -0.25) is 4.68 Å². The number of nitrogens with zero attached hydrogens (tertiary/aromatic N) is 2. The van der Waals surface area contributed by atoms with Crippen LogP contribution in [0.15, 0.2) is 30.3 Å². The van der Waals surface area contributed by atoms with Gasteiger partial charge in [-0.05, 0) is 18.9 Å². The van der Waals surface area contributed by atoms with Crippen molar-refractivity contribution in [2.75, 3.05) is 5.88 Å². The predicted molar refractivity (Wildman–Crippen MR) is 82.3 cm³/mol. The van der Waals surface area contributed by atoms with E-state index in [1.807, 2.05) is 37.3 Å². The Morgan fingerprint density at radius 3 is 2.45 bits per heavy atom. The normalized spacial score (nSPS) is 14.2. The van der Waals surface area contributed by atoms with E-state index in [2.05, 4.69) is 5.10 Å². The van der Waals surface area contributed by atoms with Crippen LogP contribution >= 0.6 is 23.2 Å². The predicted octanol–water partition coefficient (Wildman–Crippen LogP) is 3.44. The van der Waals surface area contributed by atoms with Crippen LogP contribution in [-0.4, -0.2) is 20.8 Å². The van der Waals surface area contributed by atoms with Crippen LogP contribution in [0.25, 0.3) is 0 Å². The number of hydrogen-bond acceptors (Lipinski definition) is 2. The highest BCUT2D eigenvalue weighted by atomic mass is 35.5. The van der Waals surface area contributed by atoms with Crippen molar-refractivity contribution in [2.45, 2.75) is 25.4 Å². The minimum atomic E-state index is -1.03. The van der Waals surface area contributed by atoms with E-state index in [9.17, 15) is 5.11 Å². The largest absolute Gasteiger partial charge is 0.385 e. The molecule has 1 N–H and O–H groups in total. The molecule has 108 valence electrons. The zero-order chi connectivity index (χ0) is 14.8.